The average Bonchev–Trinajstić information content (AvgIpc) is 2.27. The number of hydrogen-bond donors (Lipinski definition) is 0. The summed E-state index contributed by atoms with van der Waals surface area (Å²) in [4.78, 5) is 5.05. The van der Waals surface area contributed by atoms with Gasteiger partial charge < -0.3 is 9.80 Å². The Balaban J connectivity index is 3.51. The second-order valence-electron chi connectivity index (χ2n) is 4.49. The summed E-state index contributed by atoms with van der Waals surface area (Å²) in [6, 6.07) is 0. The van der Waals surface area contributed by atoms with Crippen molar-refractivity contribution in [2.24, 2.45) is 0 Å². The highest BCUT2D eigenvalue weighted by Gasteiger charge is 2.03. The first kappa shape index (κ1) is 16.3. The third-order valence-corrected chi connectivity index (χ3v) is 3.36. The maximum atomic E-state index is 2.60. The Morgan fingerprint density at radius 3 is 2.00 bits per heavy atom. The lowest BCUT2D eigenvalue weighted by Crippen LogP contribution is -2.30. The number of nitrogens with zero attached hydrogens (tertiary/aromatic N) is 2. The average molecular weight is 246 g/mol. The van der Waals surface area contributed by atoms with Gasteiger partial charge in [0.1, 0.15) is 0 Å². The highest BCUT2D eigenvalue weighted by Crippen LogP contribution is 1.99. The van der Waals surface area contributed by atoms with E-state index in [-0.39, 0.29) is 0 Å². The summed E-state index contributed by atoms with van der Waals surface area (Å²) < 4.78 is 0. The number of hydrogen-bond acceptors (Lipinski definition) is 3. The van der Waals surface area contributed by atoms with Gasteiger partial charge in [-0.2, -0.15) is 11.8 Å². The van der Waals surface area contributed by atoms with Crippen LogP contribution in [0.2, 0.25) is 0 Å². The van der Waals surface area contributed by atoms with Crippen molar-refractivity contribution in [3.05, 3.63) is 0 Å². The van der Waals surface area contributed by atoms with Crippen molar-refractivity contribution in [3.8, 4) is 0 Å². The molecule has 0 N–H and O–H groups in total. The molecule has 16 heavy (non-hydrogen) atoms. The van der Waals surface area contributed by atoms with Gasteiger partial charge in [-0.25, -0.2) is 0 Å². The maximum absolute atomic E-state index is 2.60. The van der Waals surface area contributed by atoms with E-state index < -0.39 is 0 Å². The summed E-state index contributed by atoms with van der Waals surface area (Å²) in [7, 11) is 2.24. The minimum atomic E-state index is 1.22. The predicted molar refractivity (Wildman–Crippen MR) is 77.5 cm³/mol. The summed E-state index contributed by atoms with van der Waals surface area (Å²) in [6.45, 7) is 10.8. The van der Waals surface area contributed by atoms with Crippen LogP contribution in [0.25, 0.3) is 0 Å². The highest BCUT2D eigenvalue weighted by atomic mass is 32.2. The molecule has 0 aromatic rings. The molecule has 0 aromatic heterocycles. The molecular formula is C13H30N2S. The van der Waals surface area contributed by atoms with Gasteiger partial charge in [-0.05, 0) is 58.7 Å². The molecule has 0 amide bonds. The monoisotopic (exact) mass is 246 g/mol. The van der Waals surface area contributed by atoms with Gasteiger partial charge in [-0.3, -0.25) is 0 Å². The van der Waals surface area contributed by atoms with Crippen molar-refractivity contribution in [1.82, 2.24) is 9.80 Å². The van der Waals surface area contributed by atoms with Gasteiger partial charge >= 0.3 is 0 Å². The van der Waals surface area contributed by atoms with Crippen LogP contribution >= 0.6 is 11.8 Å². The molecule has 0 aliphatic carbocycles. The van der Waals surface area contributed by atoms with Gasteiger partial charge in [0, 0.05) is 12.3 Å². The zero-order valence-corrected chi connectivity index (χ0v) is 12.5. The lowest BCUT2D eigenvalue weighted by molar-refractivity contribution is 0.249. The second-order valence-corrected chi connectivity index (χ2v) is 5.48. The van der Waals surface area contributed by atoms with Crippen LogP contribution in [-0.4, -0.2) is 61.6 Å². The smallest absolute Gasteiger partial charge is 0.00692 e. The third kappa shape index (κ3) is 9.49. The van der Waals surface area contributed by atoms with E-state index in [1.165, 1.54) is 57.7 Å². The normalized spacial score (nSPS) is 11.6. The van der Waals surface area contributed by atoms with Crippen LogP contribution in [0.1, 0.15) is 33.1 Å². The molecule has 98 valence electrons. The van der Waals surface area contributed by atoms with Crippen molar-refractivity contribution >= 4 is 11.8 Å². The van der Waals surface area contributed by atoms with Gasteiger partial charge in [0.2, 0.25) is 0 Å². The zero-order chi connectivity index (χ0) is 12.2. The van der Waals surface area contributed by atoms with E-state index in [1.807, 2.05) is 11.8 Å². The van der Waals surface area contributed by atoms with Gasteiger partial charge in [-0.1, -0.05) is 13.8 Å². The van der Waals surface area contributed by atoms with E-state index in [4.69, 9.17) is 0 Å². The standard InChI is InChI=1S/C13H30N2S/c1-5-8-15(9-6-2)11-7-10-14(3)12-13-16-4/h5-13H2,1-4H3. The molecule has 0 heterocycles. The van der Waals surface area contributed by atoms with Crippen molar-refractivity contribution in [3.63, 3.8) is 0 Å². The van der Waals surface area contributed by atoms with Gasteiger partial charge in [0.15, 0.2) is 0 Å². The topological polar surface area (TPSA) is 6.48 Å². The minimum Gasteiger partial charge on any atom is -0.306 e. The lowest BCUT2D eigenvalue weighted by atomic mass is 10.3. The van der Waals surface area contributed by atoms with Crippen molar-refractivity contribution in [2.45, 2.75) is 33.1 Å². The molecule has 0 rings (SSSR count). The minimum absolute atomic E-state index is 1.22. The SMILES string of the molecule is CCCN(CCC)CCCN(C)CCSC. The molecule has 0 saturated heterocycles. The number of rotatable bonds is 11. The summed E-state index contributed by atoms with van der Waals surface area (Å²) in [5, 5.41) is 0. The number of thioether (sulfide) groups is 1. The predicted octanol–water partition coefficient (Wildman–Crippen LogP) is 2.79. The molecule has 0 aliphatic rings. The third-order valence-electron chi connectivity index (χ3n) is 2.77. The van der Waals surface area contributed by atoms with E-state index in [9.17, 15) is 0 Å². The van der Waals surface area contributed by atoms with Gasteiger partial charge in [0.25, 0.3) is 0 Å². The molecule has 0 spiro atoms. The molecule has 2 nitrogen and oxygen atoms in total. The summed E-state index contributed by atoms with van der Waals surface area (Å²) in [5.74, 6) is 1.25. The Kier molecular flexibility index (Phi) is 11.9. The lowest BCUT2D eigenvalue weighted by Gasteiger charge is -2.22. The fraction of sp³-hybridized carbons (Fsp3) is 1.00. The van der Waals surface area contributed by atoms with Crippen LogP contribution in [0.5, 0.6) is 0 Å². The molecule has 0 aromatic carbocycles. The fourth-order valence-electron chi connectivity index (χ4n) is 1.89. The van der Waals surface area contributed by atoms with Gasteiger partial charge in [0.05, 0.1) is 0 Å². The highest BCUT2D eigenvalue weighted by molar-refractivity contribution is 7.98. The Morgan fingerprint density at radius 2 is 1.50 bits per heavy atom. The molecule has 0 atom stereocenters. The van der Waals surface area contributed by atoms with Crippen molar-refractivity contribution in [1.29, 1.82) is 0 Å². The molecular weight excluding hydrogens is 216 g/mol. The Hall–Kier alpha value is 0.270. The van der Waals surface area contributed by atoms with Crippen LogP contribution in [0.15, 0.2) is 0 Å². The summed E-state index contributed by atoms with van der Waals surface area (Å²) >= 11 is 1.93. The van der Waals surface area contributed by atoms with E-state index in [2.05, 4.69) is 37.0 Å². The van der Waals surface area contributed by atoms with Crippen molar-refractivity contribution in [2.75, 3.05) is 51.8 Å². The molecule has 0 aliphatic heterocycles. The summed E-state index contributed by atoms with van der Waals surface area (Å²) in [6.07, 6.45) is 6.05. The summed E-state index contributed by atoms with van der Waals surface area (Å²) in [5.41, 5.74) is 0. The molecule has 0 radical (unpaired) electrons. The molecule has 0 saturated carbocycles. The Morgan fingerprint density at radius 1 is 0.875 bits per heavy atom. The van der Waals surface area contributed by atoms with Crippen molar-refractivity contribution < 1.29 is 0 Å². The first-order valence-corrected chi connectivity index (χ1v) is 8.03. The molecule has 3 heteroatoms. The maximum Gasteiger partial charge on any atom is 0.00692 e. The van der Waals surface area contributed by atoms with Crippen LogP contribution in [0.4, 0.5) is 0 Å². The van der Waals surface area contributed by atoms with E-state index >= 15 is 0 Å². The van der Waals surface area contributed by atoms with Crippen LogP contribution in [0.3, 0.4) is 0 Å². The van der Waals surface area contributed by atoms with E-state index in [1.54, 1.807) is 0 Å². The fourth-order valence-corrected chi connectivity index (χ4v) is 2.39. The Bertz CT molecular complexity index is 136. The second kappa shape index (κ2) is 11.7. The largest absolute Gasteiger partial charge is 0.306 e. The first-order chi connectivity index (χ1) is 7.74. The van der Waals surface area contributed by atoms with Gasteiger partial charge in [-0.15, -0.1) is 0 Å². The molecule has 0 unspecified atom stereocenters. The van der Waals surface area contributed by atoms with E-state index in [0.717, 1.165) is 0 Å². The molecule has 0 bridgehead atoms. The van der Waals surface area contributed by atoms with Crippen LogP contribution < -0.4 is 0 Å². The first-order valence-electron chi connectivity index (χ1n) is 6.64. The van der Waals surface area contributed by atoms with E-state index in [0.29, 0.717) is 0 Å². The molecule has 0 fully saturated rings. The zero-order valence-electron chi connectivity index (χ0n) is 11.7. The quantitative estimate of drug-likeness (QED) is 0.553. The van der Waals surface area contributed by atoms with Crippen LogP contribution in [-0.2, 0) is 0 Å². The van der Waals surface area contributed by atoms with Crippen LogP contribution in [0, 0.1) is 0 Å². The Labute approximate surface area is 107 Å².